The second kappa shape index (κ2) is 9.42. The number of carbonyl (C=O) groups is 2. The van der Waals surface area contributed by atoms with Gasteiger partial charge in [-0.15, -0.1) is 0 Å². The maximum atomic E-state index is 14.5. The van der Waals surface area contributed by atoms with Crippen LogP contribution < -0.4 is 10.6 Å². The van der Waals surface area contributed by atoms with Crippen molar-refractivity contribution < 1.29 is 23.5 Å². The van der Waals surface area contributed by atoms with E-state index in [1.54, 1.807) is 30.3 Å². The zero-order valence-corrected chi connectivity index (χ0v) is 19.2. The van der Waals surface area contributed by atoms with Crippen molar-refractivity contribution in [3.8, 4) is 6.07 Å². The highest BCUT2D eigenvalue weighted by Crippen LogP contribution is 2.44. The molecule has 2 N–H and O–H groups in total. The molecule has 0 spiro atoms. The lowest BCUT2D eigenvalue weighted by Crippen LogP contribution is -2.40. The molecule has 1 heterocycles. The maximum absolute atomic E-state index is 14.5. The molecule has 0 fully saturated rings. The number of allylic oxidation sites excluding steroid dienone is 1. The highest BCUT2D eigenvalue weighted by Gasteiger charge is 2.43. The average molecular weight is 521 g/mol. The number of anilines is 1. The lowest BCUT2D eigenvalue weighted by Gasteiger charge is -2.36. The third kappa shape index (κ3) is 3.95. The number of rotatable bonds is 4. The first kappa shape index (κ1) is 23.3. The van der Waals surface area contributed by atoms with Gasteiger partial charge in [-0.1, -0.05) is 41.9 Å². The van der Waals surface area contributed by atoms with Crippen molar-refractivity contribution >= 4 is 45.2 Å². The molecular weight excluding hydrogens is 505 g/mol. The van der Waals surface area contributed by atoms with E-state index in [0.29, 0.717) is 5.56 Å². The molecule has 1 aliphatic rings. The summed E-state index contributed by atoms with van der Waals surface area (Å²) in [7, 11) is 2.26. The summed E-state index contributed by atoms with van der Waals surface area (Å²) in [6.07, 6.45) is 0. The summed E-state index contributed by atoms with van der Waals surface area (Å²) in [5, 5.41) is 9.94. The minimum atomic E-state index is -1.02. The smallest absolute Gasteiger partial charge is 0.355 e. The van der Waals surface area contributed by atoms with Gasteiger partial charge in [0.1, 0.15) is 17.3 Å². The van der Waals surface area contributed by atoms with Crippen LogP contribution in [-0.4, -0.2) is 26.2 Å². The van der Waals surface area contributed by atoms with Gasteiger partial charge in [0.25, 0.3) is 0 Å². The Bertz CT molecular complexity index is 1180. The summed E-state index contributed by atoms with van der Waals surface area (Å²) < 4.78 is 24.3. The molecule has 0 aliphatic carbocycles. The lowest BCUT2D eigenvalue weighted by atomic mass is 9.81. The third-order valence-electron chi connectivity index (χ3n) is 4.84. The van der Waals surface area contributed by atoms with Crippen LogP contribution in [0.5, 0.6) is 0 Å². The topological polar surface area (TPSA) is 106 Å². The Morgan fingerprint density at radius 3 is 2.34 bits per heavy atom. The van der Waals surface area contributed by atoms with Crippen molar-refractivity contribution in [3.05, 3.63) is 86.0 Å². The molecule has 3 rings (SSSR count). The fourth-order valence-corrected chi connectivity index (χ4v) is 3.88. The van der Waals surface area contributed by atoms with Gasteiger partial charge in [-0.2, -0.15) is 5.26 Å². The largest absolute Gasteiger partial charge is 0.466 e. The highest BCUT2D eigenvalue weighted by atomic mass is 79.9. The molecule has 0 amide bonds. The van der Waals surface area contributed by atoms with Crippen LogP contribution in [0.3, 0.4) is 0 Å². The highest BCUT2D eigenvalue weighted by molar-refractivity contribution is 9.10. The standard InChI is InChI=1S/C22H16BrClFN3O4/c1-31-21(29)17-16(11-6-4-3-5-7-11)13(10-26)20(27)28(19(17)22(30)32-2)12-8-14(24)18(23)15(25)9-12/h3-9,16H,27H2,1-2H3. The predicted octanol–water partition coefficient (Wildman–Crippen LogP) is 4.14. The van der Waals surface area contributed by atoms with Crippen LogP contribution in [0.15, 0.2) is 69.6 Å². The van der Waals surface area contributed by atoms with Crippen molar-refractivity contribution in [2.45, 2.75) is 5.92 Å². The van der Waals surface area contributed by atoms with Gasteiger partial charge in [0.2, 0.25) is 0 Å². The van der Waals surface area contributed by atoms with E-state index in [-0.39, 0.29) is 37.8 Å². The number of halogens is 3. The van der Waals surface area contributed by atoms with Crippen LogP contribution in [0.2, 0.25) is 5.02 Å². The van der Waals surface area contributed by atoms with Gasteiger partial charge in [0, 0.05) is 0 Å². The molecule has 1 aliphatic heterocycles. The number of ether oxygens (including phenoxy) is 2. The third-order valence-corrected chi connectivity index (χ3v) is 6.17. The number of benzene rings is 2. The van der Waals surface area contributed by atoms with Gasteiger partial charge >= 0.3 is 11.9 Å². The summed E-state index contributed by atoms with van der Waals surface area (Å²) in [5.74, 6) is -3.77. The van der Waals surface area contributed by atoms with Gasteiger partial charge in [-0.3, -0.25) is 4.90 Å². The Balaban J connectivity index is 2.44. The van der Waals surface area contributed by atoms with E-state index in [1.165, 1.54) is 6.07 Å². The maximum Gasteiger partial charge on any atom is 0.355 e. The molecule has 0 radical (unpaired) electrons. The Morgan fingerprint density at radius 2 is 1.81 bits per heavy atom. The molecule has 32 heavy (non-hydrogen) atoms. The number of methoxy groups -OCH3 is 2. The van der Waals surface area contributed by atoms with Gasteiger partial charge in [-0.25, -0.2) is 14.0 Å². The number of nitrogens with two attached hydrogens (primary N) is 1. The normalized spacial score (nSPS) is 16.0. The van der Waals surface area contributed by atoms with Crippen LogP contribution in [0, 0.1) is 17.1 Å². The van der Waals surface area contributed by atoms with Crippen molar-refractivity contribution in [1.82, 2.24) is 0 Å². The van der Waals surface area contributed by atoms with Crippen LogP contribution >= 0.6 is 27.5 Å². The number of nitriles is 1. The van der Waals surface area contributed by atoms with E-state index >= 15 is 0 Å². The van der Waals surface area contributed by atoms with Crippen molar-refractivity contribution in [2.24, 2.45) is 5.73 Å². The lowest BCUT2D eigenvalue weighted by molar-refractivity contribution is -0.139. The Morgan fingerprint density at radius 1 is 1.19 bits per heavy atom. The molecular formula is C22H16BrClFN3O4. The first-order valence-corrected chi connectivity index (χ1v) is 10.2. The number of esters is 2. The van der Waals surface area contributed by atoms with Crippen LogP contribution in [-0.2, 0) is 19.1 Å². The van der Waals surface area contributed by atoms with Crippen molar-refractivity contribution in [2.75, 3.05) is 19.1 Å². The summed E-state index contributed by atoms with van der Waals surface area (Å²) in [4.78, 5) is 26.9. The van der Waals surface area contributed by atoms with E-state index in [2.05, 4.69) is 15.9 Å². The zero-order valence-electron chi connectivity index (χ0n) is 16.9. The molecule has 2 aromatic carbocycles. The Labute approximate surface area is 196 Å². The number of hydrogen-bond donors (Lipinski definition) is 1. The monoisotopic (exact) mass is 519 g/mol. The summed E-state index contributed by atoms with van der Waals surface area (Å²) in [6.45, 7) is 0. The minimum Gasteiger partial charge on any atom is -0.466 e. The van der Waals surface area contributed by atoms with Gasteiger partial charge in [-0.05, 0) is 33.6 Å². The number of hydrogen-bond acceptors (Lipinski definition) is 7. The fourth-order valence-electron chi connectivity index (χ4n) is 3.45. The van der Waals surface area contributed by atoms with Crippen LogP contribution in [0.1, 0.15) is 11.5 Å². The first-order chi connectivity index (χ1) is 15.3. The van der Waals surface area contributed by atoms with E-state index in [0.717, 1.165) is 25.2 Å². The second-order valence-corrected chi connectivity index (χ2v) is 7.76. The van der Waals surface area contributed by atoms with E-state index in [1.807, 2.05) is 6.07 Å². The molecule has 2 aromatic rings. The van der Waals surface area contributed by atoms with Crippen LogP contribution in [0.4, 0.5) is 10.1 Å². The fraction of sp³-hybridized carbons (Fsp3) is 0.136. The summed E-state index contributed by atoms with van der Waals surface area (Å²) in [5.41, 5.74) is 6.32. The summed E-state index contributed by atoms with van der Waals surface area (Å²) in [6, 6.07) is 12.9. The zero-order chi connectivity index (χ0) is 23.6. The SMILES string of the molecule is COC(=O)C1=C(C(=O)OC)N(c2cc(F)c(Br)c(Cl)c2)C(N)=C(C#N)C1c1ccccc1. The minimum absolute atomic E-state index is 0.00179. The van der Waals surface area contributed by atoms with E-state index in [9.17, 15) is 19.2 Å². The first-order valence-electron chi connectivity index (χ1n) is 9.06. The van der Waals surface area contributed by atoms with Gasteiger partial charge in [0.15, 0.2) is 0 Å². The van der Waals surface area contributed by atoms with Crippen molar-refractivity contribution in [3.63, 3.8) is 0 Å². The van der Waals surface area contributed by atoms with Gasteiger partial charge < -0.3 is 15.2 Å². The molecule has 0 aromatic heterocycles. The predicted molar refractivity (Wildman–Crippen MR) is 119 cm³/mol. The Hall–Kier alpha value is -3.35. The molecule has 7 nitrogen and oxygen atoms in total. The second-order valence-electron chi connectivity index (χ2n) is 6.56. The average Bonchev–Trinajstić information content (AvgIpc) is 2.80. The quantitative estimate of drug-likeness (QED) is 0.477. The molecule has 1 unspecified atom stereocenters. The van der Waals surface area contributed by atoms with Crippen LogP contribution in [0.25, 0.3) is 0 Å². The number of carbonyl (C=O) groups excluding carboxylic acids is 2. The Kier molecular flexibility index (Phi) is 6.87. The molecule has 0 saturated carbocycles. The molecule has 0 bridgehead atoms. The molecule has 10 heteroatoms. The van der Waals surface area contributed by atoms with Crippen molar-refractivity contribution in [1.29, 1.82) is 5.26 Å². The van der Waals surface area contributed by atoms with Gasteiger partial charge in [0.05, 0.1) is 52.5 Å². The molecule has 0 saturated heterocycles. The van der Waals surface area contributed by atoms with E-state index in [4.69, 9.17) is 26.8 Å². The van der Waals surface area contributed by atoms with E-state index < -0.39 is 23.7 Å². The number of nitrogens with zero attached hydrogens (tertiary/aromatic N) is 2. The molecule has 1 atom stereocenters. The summed E-state index contributed by atoms with van der Waals surface area (Å²) >= 11 is 9.13. The molecule has 164 valence electrons.